The molecular formula is C84H99N7O15S6. The zero-order valence-electron chi connectivity index (χ0n) is 65.4. The molecule has 0 aromatic heterocycles. The predicted molar refractivity (Wildman–Crippen MR) is 431 cm³/mol. The van der Waals surface area contributed by atoms with Crippen molar-refractivity contribution in [3.05, 3.63) is 242 Å². The van der Waals surface area contributed by atoms with Crippen LogP contribution in [-0.2, 0) is 73.2 Å². The van der Waals surface area contributed by atoms with Crippen molar-refractivity contribution in [2.45, 2.75) is 151 Å². The number of allylic oxidation sites excluding steroid dienone is 9. The van der Waals surface area contributed by atoms with E-state index in [1.54, 1.807) is 114 Å². The van der Waals surface area contributed by atoms with Gasteiger partial charge in [-0.2, -0.15) is 15.8 Å². The van der Waals surface area contributed by atoms with Gasteiger partial charge in [-0.25, -0.2) is 50.5 Å². The lowest BCUT2D eigenvalue weighted by Crippen LogP contribution is -2.36. The lowest BCUT2D eigenvalue weighted by Gasteiger charge is -2.34. The van der Waals surface area contributed by atoms with E-state index in [-0.39, 0.29) is 161 Å². The first kappa shape index (κ1) is 87.1. The summed E-state index contributed by atoms with van der Waals surface area (Å²) in [7, 11) is -28.6. The molecule has 0 saturated heterocycles. The number of nitrogens with zero attached hydrogens (tertiary/aromatic N) is 4. The highest BCUT2D eigenvalue weighted by molar-refractivity contribution is 8.15. The molecule has 0 unspecified atom stereocenters. The number of hydrogen-bond donors (Lipinski definition) is 3. The summed E-state index contributed by atoms with van der Waals surface area (Å²) in [5, 5.41) is 42.6. The van der Waals surface area contributed by atoms with Crippen LogP contribution in [0, 0.1) is 91.8 Å². The highest BCUT2D eigenvalue weighted by Crippen LogP contribution is 2.50. The Morgan fingerprint density at radius 3 is 0.661 bits per heavy atom. The summed E-state index contributed by atoms with van der Waals surface area (Å²) in [5.74, 6) is 0. The number of rotatable bonds is 33. The van der Waals surface area contributed by atoms with Crippen molar-refractivity contribution in [3.63, 3.8) is 0 Å². The van der Waals surface area contributed by atoms with Gasteiger partial charge in [0, 0.05) is 73.1 Å². The molecule has 9 rings (SSSR count). The zero-order chi connectivity index (χ0) is 82.0. The minimum absolute atomic E-state index is 0.0462. The van der Waals surface area contributed by atoms with Gasteiger partial charge in [-0.1, -0.05) is 148 Å². The van der Waals surface area contributed by atoms with Crippen molar-refractivity contribution < 1.29 is 64.7 Å². The van der Waals surface area contributed by atoms with Crippen LogP contribution in [0.5, 0.6) is 0 Å². The van der Waals surface area contributed by atoms with E-state index < -0.39 is 88.0 Å². The Labute approximate surface area is 662 Å². The van der Waals surface area contributed by atoms with Gasteiger partial charge in [-0.15, -0.1) is 0 Å². The molecule has 0 heterocycles. The second-order valence-electron chi connectivity index (χ2n) is 31.1. The number of hydrogen-bond acceptors (Lipinski definition) is 22. The summed E-state index contributed by atoms with van der Waals surface area (Å²) in [6, 6.07) is 41.7. The van der Waals surface area contributed by atoms with Crippen LogP contribution in [-0.4, -0.2) is 134 Å². The fraction of sp³-hybridized carbons (Fsp3) is 0.393. The second-order valence-corrected chi connectivity index (χ2v) is 43.2. The molecule has 3 aliphatic carbocycles. The maximum Gasteiger partial charge on any atom is 0.218 e. The number of ether oxygens (including phenoxy) is 3. The monoisotopic (exact) mass is 1640 g/mol. The van der Waals surface area contributed by atoms with Gasteiger partial charge in [-0.3, -0.25) is 4.90 Å². The third kappa shape index (κ3) is 20.6. The van der Waals surface area contributed by atoms with Crippen LogP contribution in [0.25, 0.3) is 0 Å². The molecule has 112 heavy (non-hydrogen) atoms. The van der Waals surface area contributed by atoms with Crippen LogP contribution in [0.3, 0.4) is 0 Å². The van der Waals surface area contributed by atoms with Crippen LogP contribution in [0.4, 0.5) is 0 Å². The van der Waals surface area contributed by atoms with Crippen molar-refractivity contribution >= 4 is 59.0 Å². The standard InChI is InChI=1S/C84H99N7O15S6/c1-58-13-25-64(26-14-58)107(92,93)79(108(94,95)65-27-15-59(2)16-28-65)70-49-82(7,8)52-76(73(70)55-85)88-37-43-104-46-40-91(41-47-105-44-38-89-77-53-83(9,10)50-71(74(77)56-86)80(109(96,97)66-29-17-60(3)18-30-66)110(98,99)67-31-19-61(4)20-32-67)42-48-106-45-39-90-78-54-84(11,12)51-72(75(78)57-87)81(111(100,101)68-33-21-62(5)22-34-68)112(102,103)69-35-23-63(6)24-36-69/h13-36,88-90H,37-54H2,1-12H3. The topological polar surface area (TPSA) is 343 Å². The SMILES string of the molecule is Cc1ccc(S(=O)(=O)C(=C2CC(C)(C)CC(NCCOCCN(CCOCCNC3=C(C#N)C(=C(S(=O)(=O)c4ccc(C)cc4)S(=O)(=O)c4ccc(C)cc4)CC(C)(C)C3)CCOCCNC3=C(C#N)C(=C(S(=O)(=O)c4ccc(C)cc4)S(=O)(=O)c4ccc(C)cc4)CC(C)(C)C3)=C2C#N)S(=O)(=O)c2ccc(C)cc2)cc1. The summed E-state index contributed by atoms with van der Waals surface area (Å²) < 4.78 is 194. The van der Waals surface area contributed by atoms with Crippen LogP contribution in [0.1, 0.15) is 113 Å². The second kappa shape index (κ2) is 35.7. The van der Waals surface area contributed by atoms with E-state index in [4.69, 9.17) is 14.2 Å². The molecule has 6 aromatic carbocycles. The molecule has 0 radical (unpaired) electrons. The van der Waals surface area contributed by atoms with E-state index in [9.17, 15) is 66.3 Å². The van der Waals surface area contributed by atoms with Gasteiger partial charge in [0.15, 0.2) is 12.7 Å². The van der Waals surface area contributed by atoms with Crippen LogP contribution in [0.2, 0.25) is 0 Å². The van der Waals surface area contributed by atoms with Gasteiger partial charge in [0.2, 0.25) is 59.0 Å². The van der Waals surface area contributed by atoms with Gasteiger partial charge in [0.25, 0.3) is 0 Å². The average molecular weight is 1640 g/mol. The Bertz CT molecular complexity index is 4810. The minimum Gasteiger partial charge on any atom is -0.385 e. The molecule has 0 amide bonds. The first-order valence-corrected chi connectivity index (χ1v) is 45.7. The Morgan fingerprint density at radius 1 is 0.312 bits per heavy atom. The average Bonchev–Trinajstić information content (AvgIpc) is 0.744. The molecule has 0 aliphatic heterocycles. The van der Waals surface area contributed by atoms with Gasteiger partial charge >= 0.3 is 0 Å². The fourth-order valence-electron chi connectivity index (χ4n) is 13.9. The molecule has 3 N–H and O–H groups in total. The molecule has 3 aliphatic rings. The Morgan fingerprint density at radius 2 is 0.491 bits per heavy atom. The molecule has 6 aromatic rings. The Hall–Kier alpha value is -8.83. The number of nitrogens with one attached hydrogen (secondary N) is 3. The molecule has 596 valence electrons. The molecule has 0 atom stereocenters. The lowest BCUT2D eigenvalue weighted by molar-refractivity contribution is 0.0548. The van der Waals surface area contributed by atoms with Crippen molar-refractivity contribution in [1.82, 2.24) is 20.9 Å². The molecule has 0 saturated carbocycles. The summed E-state index contributed by atoms with van der Waals surface area (Å²) in [4.78, 5) is 0.588. The highest BCUT2D eigenvalue weighted by atomic mass is 32.3. The Balaban J connectivity index is 0.939. The van der Waals surface area contributed by atoms with E-state index in [1.807, 2.05) is 46.4 Å². The number of aryl methyl sites for hydroxylation is 6. The Kier molecular flexibility index (Phi) is 27.8. The number of nitriles is 3. The van der Waals surface area contributed by atoms with E-state index in [1.165, 1.54) is 72.8 Å². The highest BCUT2D eigenvalue weighted by Gasteiger charge is 2.46. The van der Waals surface area contributed by atoms with Crippen molar-refractivity contribution in [2.75, 3.05) is 78.9 Å². The summed E-state index contributed by atoms with van der Waals surface area (Å²) in [5.41, 5.74) is 2.77. The maximum atomic E-state index is 14.8. The first-order valence-electron chi connectivity index (χ1n) is 36.8. The smallest absolute Gasteiger partial charge is 0.218 e. The van der Waals surface area contributed by atoms with Crippen LogP contribution < -0.4 is 16.0 Å². The van der Waals surface area contributed by atoms with Crippen molar-refractivity contribution in [2.24, 2.45) is 16.2 Å². The molecule has 22 nitrogen and oxygen atoms in total. The maximum absolute atomic E-state index is 14.8. The minimum atomic E-state index is -4.77. The molecule has 0 spiro atoms. The van der Waals surface area contributed by atoms with E-state index in [0.717, 1.165) is 33.4 Å². The molecule has 28 heteroatoms. The molecule has 0 bridgehead atoms. The van der Waals surface area contributed by atoms with E-state index in [2.05, 4.69) is 34.2 Å². The lowest BCUT2D eigenvalue weighted by atomic mass is 9.74. The number of benzene rings is 6. The van der Waals surface area contributed by atoms with Crippen LogP contribution in [0.15, 0.2) is 238 Å². The molecular weight excluding hydrogens is 1540 g/mol. The van der Waals surface area contributed by atoms with Crippen LogP contribution >= 0.6 is 0 Å². The van der Waals surface area contributed by atoms with Gasteiger partial charge < -0.3 is 30.2 Å². The van der Waals surface area contributed by atoms with Crippen molar-refractivity contribution in [3.8, 4) is 18.2 Å². The predicted octanol–water partition coefficient (Wildman–Crippen LogP) is 13.2. The van der Waals surface area contributed by atoms with E-state index in [0.29, 0.717) is 36.7 Å². The zero-order valence-corrected chi connectivity index (χ0v) is 70.3. The summed E-state index contributed by atoms with van der Waals surface area (Å²) in [6.45, 7) is 24.1. The summed E-state index contributed by atoms with van der Waals surface area (Å²) >= 11 is 0. The first-order chi connectivity index (χ1) is 52.6. The normalized spacial score (nSPS) is 16.2. The van der Waals surface area contributed by atoms with Gasteiger partial charge in [0.1, 0.15) is 18.2 Å². The number of sulfone groups is 6. The third-order valence-corrected chi connectivity index (χ3v) is 33.4. The van der Waals surface area contributed by atoms with Crippen molar-refractivity contribution in [1.29, 1.82) is 15.8 Å². The molecule has 0 fully saturated rings. The fourth-order valence-corrected chi connectivity index (χ4v) is 26.4. The van der Waals surface area contributed by atoms with Gasteiger partial charge in [-0.05, 0) is 169 Å². The quantitative estimate of drug-likeness (QED) is 0.0322. The van der Waals surface area contributed by atoms with Gasteiger partial charge in [0.05, 0.1) is 85.7 Å². The largest absolute Gasteiger partial charge is 0.385 e. The van der Waals surface area contributed by atoms with E-state index >= 15 is 0 Å². The third-order valence-electron chi connectivity index (χ3n) is 19.7. The summed E-state index contributed by atoms with van der Waals surface area (Å²) in [6.07, 6.45) is 0.690.